The van der Waals surface area contributed by atoms with E-state index in [1.807, 2.05) is 0 Å². The van der Waals surface area contributed by atoms with E-state index in [9.17, 15) is 9.18 Å². The van der Waals surface area contributed by atoms with Gasteiger partial charge in [0.1, 0.15) is 11.6 Å². The van der Waals surface area contributed by atoms with Crippen molar-refractivity contribution in [2.75, 3.05) is 7.05 Å². The van der Waals surface area contributed by atoms with Gasteiger partial charge in [-0.15, -0.1) is 0 Å². The molecule has 0 fully saturated rings. The predicted octanol–water partition coefficient (Wildman–Crippen LogP) is 2.45. The maximum Gasteiger partial charge on any atom is 0.254 e. The molecule has 4 heteroatoms. The third-order valence-corrected chi connectivity index (χ3v) is 2.24. The van der Waals surface area contributed by atoms with Crippen LogP contribution in [0.2, 0.25) is 0 Å². The van der Waals surface area contributed by atoms with Crippen molar-refractivity contribution in [3.05, 3.63) is 48.0 Å². The van der Waals surface area contributed by atoms with E-state index in [4.69, 9.17) is 4.42 Å². The SMILES string of the molecule is CNC(=O)c1ccoc1-c1ccc(F)cc1. The molecule has 16 heavy (non-hydrogen) atoms. The third-order valence-electron chi connectivity index (χ3n) is 2.24. The molecule has 1 heterocycles. The van der Waals surface area contributed by atoms with Crippen molar-refractivity contribution in [2.45, 2.75) is 0 Å². The van der Waals surface area contributed by atoms with Gasteiger partial charge in [0.05, 0.1) is 11.8 Å². The van der Waals surface area contributed by atoms with E-state index in [2.05, 4.69) is 5.32 Å². The molecule has 0 spiro atoms. The highest BCUT2D eigenvalue weighted by Crippen LogP contribution is 2.24. The van der Waals surface area contributed by atoms with Gasteiger partial charge in [0.25, 0.3) is 5.91 Å². The highest BCUT2D eigenvalue weighted by atomic mass is 19.1. The quantitative estimate of drug-likeness (QED) is 0.842. The van der Waals surface area contributed by atoms with Crippen molar-refractivity contribution in [1.82, 2.24) is 5.32 Å². The highest BCUT2D eigenvalue weighted by Gasteiger charge is 2.14. The molecule has 1 aromatic heterocycles. The summed E-state index contributed by atoms with van der Waals surface area (Å²) in [5.41, 5.74) is 1.11. The van der Waals surface area contributed by atoms with Gasteiger partial charge in [-0.1, -0.05) is 0 Å². The van der Waals surface area contributed by atoms with Crippen molar-refractivity contribution < 1.29 is 13.6 Å². The summed E-state index contributed by atoms with van der Waals surface area (Å²) in [6.07, 6.45) is 1.43. The Balaban J connectivity index is 2.44. The minimum Gasteiger partial charge on any atom is -0.464 e. The number of benzene rings is 1. The number of carbonyl (C=O) groups is 1. The fourth-order valence-corrected chi connectivity index (χ4v) is 1.45. The maximum atomic E-state index is 12.7. The second-order valence-corrected chi connectivity index (χ2v) is 3.25. The molecule has 0 atom stereocenters. The summed E-state index contributed by atoms with van der Waals surface area (Å²) in [7, 11) is 1.55. The van der Waals surface area contributed by atoms with Crippen LogP contribution in [0.15, 0.2) is 41.0 Å². The van der Waals surface area contributed by atoms with E-state index in [1.165, 1.54) is 18.4 Å². The van der Waals surface area contributed by atoms with Crippen molar-refractivity contribution in [2.24, 2.45) is 0 Å². The summed E-state index contributed by atoms with van der Waals surface area (Å²) < 4.78 is 18.0. The first-order valence-corrected chi connectivity index (χ1v) is 4.78. The van der Waals surface area contributed by atoms with Gasteiger partial charge in [0.15, 0.2) is 0 Å². The average molecular weight is 219 g/mol. The first-order chi connectivity index (χ1) is 7.72. The summed E-state index contributed by atoms with van der Waals surface area (Å²) in [6.45, 7) is 0. The lowest BCUT2D eigenvalue weighted by molar-refractivity contribution is 0.0963. The van der Waals surface area contributed by atoms with E-state index in [0.29, 0.717) is 16.9 Å². The first-order valence-electron chi connectivity index (χ1n) is 4.78. The molecule has 3 nitrogen and oxygen atoms in total. The van der Waals surface area contributed by atoms with Gasteiger partial charge >= 0.3 is 0 Å². The van der Waals surface area contributed by atoms with Crippen LogP contribution in [-0.2, 0) is 0 Å². The van der Waals surface area contributed by atoms with E-state index in [-0.39, 0.29) is 11.7 Å². The van der Waals surface area contributed by atoms with Crippen LogP contribution in [0.5, 0.6) is 0 Å². The Morgan fingerprint density at radius 1 is 1.25 bits per heavy atom. The molecule has 0 saturated heterocycles. The normalized spacial score (nSPS) is 10.1. The smallest absolute Gasteiger partial charge is 0.254 e. The molecule has 0 radical (unpaired) electrons. The standard InChI is InChI=1S/C12H10FNO2/c1-14-12(15)10-6-7-16-11(10)8-2-4-9(13)5-3-8/h2-7H,1H3,(H,14,15). The molecule has 0 bridgehead atoms. The number of hydrogen-bond acceptors (Lipinski definition) is 2. The molecule has 2 rings (SSSR count). The van der Waals surface area contributed by atoms with E-state index < -0.39 is 0 Å². The van der Waals surface area contributed by atoms with Gasteiger partial charge in [-0.25, -0.2) is 4.39 Å². The molecule has 2 aromatic rings. The number of rotatable bonds is 2. The zero-order valence-corrected chi connectivity index (χ0v) is 8.66. The largest absolute Gasteiger partial charge is 0.464 e. The number of halogens is 1. The molecular weight excluding hydrogens is 209 g/mol. The minimum absolute atomic E-state index is 0.229. The van der Waals surface area contributed by atoms with Crippen LogP contribution in [-0.4, -0.2) is 13.0 Å². The van der Waals surface area contributed by atoms with Gasteiger partial charge in [-0.05, 0) is 30.3 Å². The summed E-state index contributed by atoms with van der Waals surface area (Å²) >= 11 is 0. The van der Waals surface area contributed by atoms with E-state index in [0.717, 1.165) is 0 Å². The molecule has 1 aromatic carbocycles. The van der Waals surface area contributed by atoms with Gasteiger partial charge < -0.3 is 9.73 Å². The van der Waals surface area contributed by atoms with Crippen molar-refractivity contribution in [3.8, 4) is 11.3 Å². The number of carbonyl (C=O) groups excluding carboxylic acids is 1. The molecule has 1 N–H and O–H groups in total. The Morgan fingerprint density at radius 2 is 1.94 bits per heavy atom. The molecule has 0 aliphatic heterocycles. The highest BCUT2D eigenvalue weighted by molar-refractivity contribution is 5.99. The second kappa shape index (κ2) is 4.18. The van der Waals surface area contributed by atoms with Gasteiger partial charge in [-0.3, -0.25) is 4.79 Å². The van der Waals surface area contributed by atoms with Crippen molar-refractivity contribution >= 4 is 5.91 Å². The first kappa shape index (κ1) is 10.4. The summed E-state index contributed by atoms with van der Waals surface area (Å²) in [6, 6.07) is 7.37. The molecular formula is C12H10FNO2. The lowest BCUT2D eigenvalue weighted by Crippen LogP contribution is -2.17. The minimum atomic E-state index is -0.322. The molecule has 0 aliphatic rings. The maximum absolute atomic E-state index is 12.7. The molecule has 0 unspecified atom stereocenters. The summed E-state index contributed by atoms with van der Waals surface area (Å²) in [5.74, 6) is -0.107. The summed E-state index contributed by atoms with van der Waals surface area (Å²) in [5, 5.41) is 2.52. The van der Waals surface area contributed by atoms with Gasteiger partial charge in [-0.2, -0.15) is 0 Å². The Labute approximate surface area is 91.9 Å². The monoisotopic (exact) mass is 219 g/mol. The van der Waals surface area contributed by atoms with Crippen LogP contribution >= 0.6 is 0 Å². The lowest BCUT2D eigenvalue weighted by atomic mass is 10.1. The Morgan fingerprint density at radius 3 is 2.56 bits per heavy atom. The molecule has 0 saturated carbocycles. The zero-order valence-electron chi connectivity index (χ0n) is 8.66. The molecule has 0 aliphatic carbocycles. The van der Waals surface area contributed by atoms with Gasteiger partial charge in [0.2, 0.25) is 0 Å². The van der Waals surface area contributed by atoms with Crippen molar-refractivity contribution in [3.63, 3.8) is 0 Å². The van der Waals surface area contributed by atoms with Crippen LogP contribution in [0.3, 0.4) is 0 Å². The Kier molecular flexibility index (Phi) is 2.72. The van der Waals surface area contributed by atoms with Crippen LogP contribution in [0.25, 0.3) is 11.3 Å². The van der Waals surface area contributed by atoms with Gasteiger partial charge in [0, 0.05) is 12.6 Å². The number of furan rings is 1. The van der Waals surface area contributed by atoms with Crippen LogP contribution in [0.1, 0.15) is 10.4 Å². The topological polar surface area (TPSA) is 42.2 Å². The fraction of sp³-hybridized carbons (Fsp3) is 0.0833. The molecule has 82 valence electrons. The van der Waals surface area contributed by atoms with Crippen LogP contribution < -0.4 is 5.32 Å². The Hall–Kier alpha value is -2.10. The lowest BCUT2D eigenvalue weighted by Gasteiger charge is -2.01. The molecule has 1 amide bonds. The Bertz CT molecular complexity index is 502. The number of hydrogen-bond donors (Lipinski definition) is 1. The average Bonchev–Trinajstić information content (AvgIpc) is 2.78. The number of nitrogens with one attached hydrogen (secondary N) is 1. The third kappa shape index (κ3) is 1.82. The van der Waals surface area contributed by atoms with Crippen LogP contribution in [0, 0.1) is 5.82 Å². The second-order valence-electron chi connectivity index (χ2n) is 3.25. The fourth-order valence-electron chi connectivity index (χ4n) is 1.45. The van der Waals surface area contributed by atoms with Crippen LogP contribution in [0.4, 0.5) is 4.39 Å². The van der Waals surface area contributed by atoms with E-state index in [1.54, 1.807) is 25.2 Å². The predicted molar refractivity (Wildman–Crippen MR) is 57.5 cm³/mol. The van der Waals surface area contributed by atoms with Crippen molar-refractivity contribution in [1.29, 1.82) is 0 Å². The zero-order chi connectivity index (χ0) is 11.5. The van der Waals surface area contributed by atoms with E-state index >= 15 is 0 Å². The number of amides is 1. The summed E-state index contributed by atoms with van der Waals surface area (Å²) in [4.78, 5) is 11.5.